The highest BCUT2D eigenvalue weighted by Crippen LogP contribution is 2.40. The number of thioether (sulfide) groups is 1. The highest BCUT2D eigenvalue weighted by Gasteiger charge is 2.32. The summed E-state index contributed by atoms with van der Waals surface area (Å²) in [5.74, 6) is 0.755. The molecular formula is C34H33N3O4S2. The number of aliphatic hydroxyl groups is 1. The number of benzene rings is 4. The molecule has 7 nitrogen and oxygen atoms in total. The van der Waals surface area contributed by atoms with Crippen molar-refractivity contribution in [2.45, 2.75) is 49.0 Å². The zero-order valence-electron chi connectivity index (χ0n) is 23.5. The van der Waals surface area contributed by atoms with E-state index in [1.54, 1.807) is 23.1 Å². The Morgan fingerprint density at radius 1 is 0.814 bits per heavy atom. The van der Waals surface area contributed by atoms with Gasteiger partial charge in [0, 0.05) is 30.8 Å². The van der Waals surface area contributed by atoms with Crippen molar-refractivity contribution in [3.8, 4) is 0 Å². The van der Waals surface area contributed by atoms with Crippen LogP contribution in [0.25, 0.3) is 10.2 Å². The van der Waals surface area contributed by atoms with Gasteiger partial charge >= 0.3 is 6.03 Å². The van der Waals surface area contributed by atoms with Crippen LogP contribution in [0.4, 0.5) is 4.79 Å². The second kappa shape index (κ2) is 14.2. The van der Waals surface area contributed by atoms with Gasteiger partial charge in [0.2, 0.25) is 0 Å². The van der Waals surface area contributed by atoms with Gasteiger partial charge in [-0.1, -0.05) is 103 Å². The zero-order chi connectivity index (χ0) is 29.4. The van der Waals surface area contributed by atoms with Gasteiger partial charge in [0.25, 0.3) is 0 Å². The monoisotopic (exact) mass is 611 g/mol. The molecule has 1 saturated heterocycles. The van der Waals surface area contributed by atoms with E-state index >= 15 is 0 Å². The number of rotatable bonds is 10. The van der Waals surface area contributed by atoms with Gasteiger partial charge in [-0.25, -0.2) is 9.78 Å². The van der Waals surface area contributed by atoms with Crippen LogP contribution < -0.4 is 10.6 Å². The van der Waals surface area contributed by atoms with E-state index in [1.165, 1.54) is 4.70 Å². The molecule has 0 radical (unpaired) electrons. The van der Waals surface area contributed by atoms with E-state index in [4.69, 9.17) is 14.5 Å². The molecule has 0 aliphatic carbocycles. The Morgan fingerprint density at radius 3 is 2.19 bits per heavy atom. The Morgan fingerprint density at radius 2 is 1.47 bits per heavy atom. The topological polar surface area (TPSA) is 92.7 Å². The van der Waals surface area contributed by atoms with Crippen LogP contribution in [0.5, 0.6) is 0 Å². The molecule has 220 valence electrons. The Balaban J connectivity index is 1.10. The van der Waals surface area contributed by atoms with Crippen LogP contribution in [0.1, 0.15) is 46.6 Å². The first-order valence-corrected chi connectivity index (χ1v) is 16.1. The minimum absolute atomic E-state index is 0.00879. The summed E-state index contributed by atoms with van der Waals surface area (Å²) in [5.41, 5.74) is 5.90. The van der Waals surface area contributed by atoms with Crippen LogP contribution in [0.2, 0.25) is 0 Å². The van der Waals surface area contributed by atoms with Gasteiger partial charge in [-0.3, -0.25) is 0 Å². The van der Waals surface area contributed by atoms with Crippen LogP contribution in [0, 0.1) is 0 Å². The molecule has 5 aromatic rings. The summed E-state index contributed by atoms with van der Waals surface area (Å²) in [6.07, 6.45) is -0.0177. The van der Waals surface area contributed by atoms with Gasteiger partial charge < -0.3 is 25.2 Å². The molecule has 2 amide bonds. The second-order valence-corrected chi connectivity index (χ2v) is 12.7. The Hall–Kier alpha value is -3.73. The third-order valence-corrected chi connectivity index (χ3v) is 9.59. The molecule has 0 bridgehead atoms. The second-order valence-electron chi connectivity index (χ2n) is 10.4. The molecule has 1 fully saturated rings. The number of hydrogen-bond acceptors (Lipinski definition) is 7. The first kappa shape index (κ1) is 29.3. The third-order valence-electron chi connectivity index (χ3n) is 7.28. The minimum atomic E-state index is -0.534. The van der Waals surface area contributed by atoms with Crippen molar-refractivity contribution in [3.05, 3.63) is 131 Å². The summed E-state index contributed by atoms with van der Waals surface area (Å²) in [4.78, 5) is 17.1. The van der Waals surface area contributed by atoms with Crippen molar-refractivity contribution in [2.75, 3.05) is 5.75 Å². The quantitative estimate of drug-likeness (QED) is 0.146. The zero-order valence-corrected chi connectivity index (χ0v) is 25.2. The molecule has 1 aromatic heterocycles. The van der Waals surface area contributed by atoms with E-state index in [2.05, 4.69) is 16.7 Å². The average Bonchev–Trinajstić information content (AvgIpc) is 3.49. The van der Waals surface area contributed by atoms with Crippen LogP contribution in [-0.2, 0) is 29.2 Å². The van der Waals surface area contributed by atoms with E-state index in [1.807, 2.05) is 97.1 Å². The molecule has 3 atom stereocenters. The molecule has 2 heterocycles. The van der Waals surface area contributed by atoms with Crippen LogP contribution in [0.3, 0.4) is 0 Å². The number of aromatic nitrogens is 1. The summed E-state index contributed by atoms with van der Waals surface area (Å²) >= 11 is 3.42. The molecule has 9 heteroatoms. The summed E-state index contributed by atoms with van der Waals surface area (Å²) < 4.78 is 15.2. The van der Waals surface area contributed by atoms with Crippen molar-refractivity contribution < 1.29 is 19.4 Å². The Kier molecular flexibility index (Phi) is 9.66. The van der Waals surface area contributed by atoms with Gasteiger partial charge in [-0.15, -0.1) is 11.3 Å². The Bertz CT molecular complexity index is 1590. The highest BCUT2D eigenvalue weighted by molar-refractivity contribution is 8.01. The lowest BCUT2D eigenvalue weighted by molar-refractivity contribution is -0.245. The number of urea groups is 1. The summed E-state index contributed by atoms with van der Waals surface area (Å²) in [7, 11) is 0. The van der Waals surface area contributed by atoms with Crippen molar-refractivity contribution in [1.82, 2.24) is 15.6 Å². The predicted molar refractivity (Wildman–Crippen MR) is 171 cm³/mol. The molecule has 6 rings (SSSR count). The van der Waals surface area contributed by atoms with Crippen LogP contribution >= 0.6 is 23.1 Å². The largest absolute Gasteiger partial charge is 0.392 e. The summed E-state index contributed by atoms with van der Waals surface area (Å²) in [6.45, 7) is 0.897. The molecule has 0 saturated carbocycles. The van der Waals surface area contributed by atoms with E-state index in [0.29, 0.717) is 19.5 Å². The van der Waals surface area contributed by atoms with Gasteiger partial charge in [-0.2, -0.15) is 0 Å². The molecule has 4 aromatic carbocycles. The smallest absolute Gasteiger partial charge is 0.315 e. The van der Waals surface area contributed by atoms with Crippen molar-refractivity contribution in [1.29, 1.82) is 0 Å². The first-order valence-electron chi connectivity index (χ1n) is 14.3. The molecule has 0 spiro atoms. The molecule has 3 N–H and O–H groups in total. The normalized spacial score (nSPS) is 18.4. The van der Waals surface area contributed by atoms with Crippen molar-refractivity contribution in [3.63, 3.8) is 0 Å². The summed E-state index contributed by atoms with van der Waals surface area (Å²) in [5, 5.41) is 15.3. The molecule has 0 unspecified atom stereocenters. The number of carbonyl (C=O) groups excluding carboxylic acids is 1. The van der Waals surface area contributed by atoms with Crippen LogP contribution in [0.15, 0.2) is 107 Å². The average molecular weight is 612 g/mol. The number of fused-ring (bicyclic) bond motifs is 1. The lowest BCUT2D eigenvalue weighted by Gasteiger charge is -2.36. The lowest BCUT2D eigenvalue weighted by Crippen LogP contribution is -2.34. The first-order chi connectivity index (χ1) is 21.1. The number of ether oxygens (including phenoxy) is 2. The number of nitrogens with zero attached hydrogens (tertiary/aromatic N) is 1. The highest BCUT2D eigenvalue weighted by atomic mass is 32.2. The Labute approximate surface area is 259 Å². The SMILES string of the molecule is O=C(NCc1ccccc1)NCc1ccc([C@@H]2O[C@H](CSc3nc4ccccc4s3)C[C@H](c3ccc(CO)cc3)O2)cc1. The lowest BCUT2D eigenvalue weighted by atomic mass is 10.0. The fourth-order valence-electron chi connectivity index (χ4n) is 4.92. The molecule has 1 aliphatic heterocycles. The molecular weight excluding hydrogens is 579 g/mol. The number of para-hydroxylation sites is 1. The van der Waals surface area contributed by atoms with Crippen molar-refractivity contribution >= 4 is 39.3 Å². The van der Waals surface area contributed by atoms with E-state index < -0.39 is 6.29 Å². The number of carbonyl (C=O) groups is 1. The number of amides is 2. The third kappa shape index (κ3) is 7.81. The van der Waals surface area contributed by atoms with E-state index in [-0.39, 0.29) is 24.8 Å². The van der Waals surface area contributed by atoms with Gasteiger partial charge in [0.15, 0.2) is 10.6 Å². The molecule has 1 aliphatic rings. The maximum Gasteiger partial charge on any atom is 0.315 e. The maximum absolute atomic E-state index is 12.3. The van der Waals surface area contributed by atoms with E-state index in [0.717, 1.165) is 43.4 Å². The number of hydrogen-bond donors (Lipinski definition) is 3. The fraction of sp³-hybridized carbons (Fsp3) is 0.235. The maximum atomic E-state index is 12.3. The predicted octanol–water partition coefficient (Wildman–Crippen LogP) is 7.13. The summed E-state index contributed by atoms with van der Waals surface area (Å²) in [6, 6.07) is 33.7. The minimum Gasteiger partial charge on any atom is -0.392 e. The van der Waals surface area contributed by atoms with Gasteiger partial charge in [0.1, 0.15) is 0 Å². The number of aliphatic hydroxyl groups excluding tert-OH is 1. The fourth-order valence-corrected chi connectivity index (χ4v) is 7.03. The van der Waals surface area contributed by atoms with Crippen molar-refractivity contribution in [2.24, 2.45) is 0 Å². The number of nitrogens with one attached hydrogen (secondary N) is 2. The van der Waals surface area contributed by atoms with E-state index in [9.17, 15) is 9.90 Å². The number of thiazole rings is 1. The molecule has 43 heavy (non-hydrogen) atoms. The van der Waals surface area contributed by atoms with Gasteiger partial charge in [0.05, 0.1) is 29.0 Å². The standard InChI is InChI=1S/C34H33N3O4S2/c38-21-25-12-14-26(15-13-25)30-18-28(22-42-34-37-29-8-4-5-9-31(29)43-34)40-32(41-30)27-16-10-24(11-17-27)20-36-33(39)35-19-23-6-2-1-3-7-23/h1-17,28,30,32,38H,18-22H2,(H2,35,36,39)/t28-,30+,32+/m0/s1. The van der Waals surface area contributed by atoms with Gasteiger partial charge in [-0.05, 0) is 34.4 Å². The van der Waals surface area contributed by atoms with Crippen LogP contribution in [-0.4, -0.2) is 28.0 Å².